The van der Waals surface area contributed by atoms with Crippen LogP contribution in [0.3, 0.4) is 0 Å². The maximum atomic E-state index is 13.9. The average Bonchev–Trinajstić information content (AvgIpc) is 3.80. The Labute approximate surface area is 263 Å². The number of esters is 1. The maximum absolute atomic E-state index is 13.9. The predicted octanol–water partition coefficient (Wildman–Crippen LogP) is 5.81. The molecule has 3 aromatic rings. The third-order valence-electron chi connectivity index (χ3n) is 9.25. The molecule has 44 heavy (non-hydrogen) atoms. The molecule has 0 N–H and O–H groups in total. The van der Waals surface area contributed by atoms with Crippen LogP contribution in [-0.2, 0) is 9.59 Å². The highest BCUT2D eigenvalue weighted by atomic mass is 35.5. The molecule has 3 amide bonds. The number of carbonyl (C=O) groups excluding carboxylic acids is 5. The van der Waals surface area contributed by atoms with Gasteiger partial charge in [0.2, 0.25) is 0 Å². The molecule has 10 heteroatoms. The van der Waals surface area contributed by atoms with Crippen LogP contribution in [0.5, 0.6) is 5.75 Å². The fraction of sp³-hybridized carbons (Fsp3) is 0.265. The van der Waals surface area contributed by atoms with Gasteiger partial charge in [0.05, 0.1) is 27.4 Å². The van der Waals surface area contributed by atoms with Crippen LogP contribution >= 0.6 is 23.2 Å². The van der Waals surface area contributed by atoms with E-state index in [1.54, 1.807) is 24.3 Å². The van der Waals surface area contributed by atoms with Crippen LogP contribution in [0.1, 0.15) is 43.1 Å². The van der Waals surface area contributed by atoms with Crippen molar-refractivity contribution in [1.82, 2.24) is 10.0 Å². The standard InChI is InChI=1S/C34H26Cl2N2O6/c1-17-2-4-19(5-3-17)34(43)44-21-9-6-18(7-10-21)28(39)16-37(31(40)20-8-13-26(35)27(36)14-20)38-32(41)29-22-11-12-23(25-15-24(22)25)30(29)33(38)42/h2-14,22-25,29-30H,15-16H2,1H3/t22-,23-,24-,25+,29+,30+/m0/s1. The zero-order chi connectivity index (χ0) is 30.9. The van der Waals surface area contributed by atoms with E-state index < -0.39 is 47.9 Å². The Hall–Kier alpha value is -4.27. The van der Waals surface area contributed by atoms with Crippen molar-refractivity contribution in [3.05, 3.63) is 111 Å². The van der Waals surface area contributed by atoms with Crippen molar-refractivity contribution in [3.63, 3.8) is 0 Å². The van der Waals surface area contributed by atoms with Crippen molar-refractivity contribution in [3.8, 4) is 5.75 Å². The minimum atomic E-state index is -0.730. The van der Waals surface area contributed by atoms with E-state index in [1.807, 2.05) is 19.1 Å². The van der Waals surface area contributed by atoms with Gasteiger partial charge in [-0.1, -0.05) is 53.1 Å². The lowest BCUT2D eigenvalue weighted by atomic mass is 9.63. The molecule has 8 rings (SSSR count). The molecule has 4 aliphatic carbocycles. The second-order valence-corrected chi connectivity index (χ2v) is 12.7. The molecule has 0 spiro atoms. The predicted molar refractivity (Wildman–Crippen MR) is 161 cm³/mol. The van der Waals surface area contributed by atoms with Gasteiger partial charge in [-0.15, -0.1) is 0 Å². The molecule has 1 saturated heterocycles. The van der Waals surface area contributed by atoms with Gasteiger partial charge in [0, 0.05) is 11.1 Å². The van der Waals surface area contributed by atoms with Gasteiger partial charge in [-0.2, -0.15) is 5.01 Å². The minimum Gasteiger partial charge on any atom is -0.423 e. The summed E-state index contributed by atoms with van der Waals surface area (Å²) in [5.41, 5.74) is 1.66. The molecule has 0 radical (unpaired) electrons. The molecule has 6 atom stereocenters. The quantitative estimate of drug-likeness (QED) is 0.108. The zero-order valence-electron chi connectivity index (χ0n) is 23.5. The molecule has 0 unspecified atom stereocenters. The van der Waals surface area contributed by atoms with Gasteiger partial charge in [0.25, 0.3) is 17.7 Å². The smallest absolute Gasteiger partial charge is 0.343 e. The van der Waals surface area contributed by atoms with Crippen LogP contribution in [-0.4, -0.2) is 46.0 Å². The summed E-state index contributed by atoms with van der Waals surface area (Å²) in [5.74, 6) is -2.96. The zero-order valence-corrected chi connectivity index (χ0v) is 25.0. The molecule has 2 saturated carbocycles. The van der Waals surface area contributed by atoms with Crippen molar-refractivity contribution in [2.45, 2.75) is 13.3 Å². The number of imide groups is 1. The molecule has 5 aliphatic rings. The maximum Gasteiger partial charge on any atom is 0.343 e. The number of hydrogen-bond donors (Lipinski definition) is 0. The van der Waals surface area contributed by atoms with Crippen LogP contribution in [0, 0.1) is 42.4 Å². The van der Waals surface area contributed by atoms with Gasteiger partial charge in [-0.05, 0) is 91.6 Å². The highest BCUT2D eigenvalue weighted by molar-refractivity contribution is 6.42. The Bertz CT molecular complexity index is 1730. The summed E-state index contributed by atoms with van der Waals surface area (Å²) in [5, 5.41) is 2.17. The first-order valence-corrected chi connectivity index (χ1v) is 15.1. The number of ether oxygens (including phenoxy) is 1. The molecule has 3 aromatic carbocycles. The Kier molecular flexibility index (Phi) is 6.94. The van der Waals surface area contributed by atoms with E-state index in [4.69, 9.17) is 27.9 Å². The number of hydrogen-bond acceptors (Lipinski definition) is 6. The summed E-state index contributed by atoms with van der Waals surface area (Å²) in [6, 6.07) is 17.0. The monoisotopic (exact) mass is 628 g/mol. The van der Waals surface area contributed by atoms with Crippen LogP contribution in [0.25, 0.3) is 0 Å². The SMILES string of the molecule is Cc1ccc(C(=O)Oc2ccc(C(=O)CN(C(=O)c3ccc(Cl)c(Cl)c3)N3C(=O)[C@@H]4[C@H]5C=C[C@@H]([C@@H]6C[C@H]56)[C@H]4C3=O)cc2)cc1. The second-order valence-electron chi connectivity index (χ2n) is 11.8. The van der Waals surface area contributed by atoms with E-state index in [0.717, 1.165) is 22.0 Å². The van der Waals surface area contributed by atoms with E-state index in [9.17, 15) is 24.0 Å². The molecule has 1 aliphatic heterocycles. The molecule has 1 heterocycles. The molecule has 222 valence electrons. The van der Waals surface area contributed by atoms with Crippen molar-refractivity contribution in [2.24, 2.45) is 35.5 Å². The number of nitrogens with zero attached hydrogens (tertiary/aromatic N) is 2. The van der Waals surface area contributed by atoms with E-state index in [0.29, 0.717) is 17.4 Å². The number of allylic oxidation sites excluding steroid dienone is 2. The summed E-state index contributed by atoms with van der Waals surface area (Å²) < 4.78 is 5.43. The van der Waals surface area contributed by atoms with Gasteiger partial charge < -0.3 is 4.74 Å². The van der Waals surface area contributed by atoms with Crippen LogP contribution < -0.4 is 4.74 Å². The van der Waals surface area contributed by atoms with Gasteiger partial charge in [0.15, 0.2) is 5.78 Å². The first-order chi connectivity index (χ1) is 21.1. The Morgan fingerprint density at radius 1 is 0.795 bits per heavy atom. The first kappa shape index (κ1) is 28.5. The van der Waals surface area contributed by atoms with Crippen LogP contribution in [0.4, 0.5) is 0 Å². The number of benzene rings is 3. The lowest BCUT2D eigenvalue weighted by Gasteiger charge is -2.37. The molecule has 2 bridgehead atoms. The Balaban J connectivity index is 1.15. The summed E-state index contributed by atoms with van der Waals surface area (Å²) in [6.07, 6.45) is 5.08. The normalized spacial score (nSPS) is 25.8. The molecule has 3 fully saturated rings. The van der Waals surface area contributed by atoms with Gasteiger partial charge in [-0.3, -0.25) is 19.2 Å². The van der Waals surface area contributed by atoms with Crippen molar-refractivity contribution in [2.75, 3.05) is 6.54 Å². The van der Waals surface area contributed by atoms with E-state index in [-0.39, 0.29) is 38.8 Å². The number of halogens is 2. The lowest BCUT2D eigenvalue weighted by Crippen LogP contribution is -2.52. The first-order valence-electron chi connectivity index (χ1n) is 14.4. The van der Waals surface area contributed by atoms with Crippen molar-refractivity contribution in [1.29, 1.82) is 0 Å². The van der Waals surface area contributed by atoms with Crippen LogP contribution in [0.15, 0.2) is 78.9 Å². The summed E-state index contributed by atoms with van der Waals surface area (Å²) in [4.78, 5) is 67.7. The largest absolute Gasteiger partial charge is 0.423 e. The fourth-order valence-electron chi connectivity index (χ4n) is 6.98. The number of Topliss-reactive ketones (excluding diaryl/α,β-unsaturated/α-hetero) is 1. The third-order valence-corrected chi connectivity index (χ3v) is 9.99. The summed E-state index contributed by atoms with van der Waals surface area (Å²) >= 11 is 12.2. The van der Waals surface area contributed by atoms with E-state index in [2.05, 4.69) is 0 Å². The van der Waals surface area contributed by atoms with Crippen molar-refractivity contribution < 1.29 is 28.7 Å². The second kappa shape index (κ2) is 10.7. The highest BCUT2D eigenvalue weighted by Gasteiger charge is 2.68. The molecular weight excluding hydrogens is 603 g/mol. The highest BCUT2D eigenvalue weighted by Crippen LogP contribution is 2.65. The number of aryl methyl sites for hydroxylation is 1. The third kappa shape index (κ3) is 4.73. The van der Waals surface area contributed by atoms with Gasteiger partial charge >= 0.3 is 5.97 Å². The number of amides is 3. The lowest BCUT2D eigenvalue weighted by molar-refractivity contribution is -0.154. The van der Waals surface area contributed by atoms with E-state index >= 15 is 0 Å². The summed E-state index contributed by atoms with van der Waals surface area (Å²) in [6.45, 7) is 1.34. The average molecular weight is 629 g/mol. The Morgan fingerprint density at radius 3 is 1.95 bits per heavy atom. The number of rotatable bonds is 7. The summed E-state index contributed by atoms with van der Waals surface area (Å²) in [7, 11) is 0. The van der Waals surface area contributed by atoms with Gasteiger partial charge in [-0.25, -0.2) is 9.80 Å². The fourth-order valence-corrected chi connectivity index (χ4v) is 7.28. The van der Waals surface area contributed by atoms with Crippen LogP contribution in [0.2, 0.25) is 10.0 Å². The van der Waals surface area contributed by atoms with Gasteiger partial charge in [0.1, 0.15) is 12.3 Å². The number of ketones is 1. The Morgan fingerprint density at radius 2 is 1.36 bits per heavy atom. The van der Waals surface area contributed by atoms with E-state index in [1.165, 1.54) is 42.5 Å². The topological polar surface area (TPSA) is 101 Å². The van der Waals surface area contributed by atoms with Crippen molar-refractivity contribution >= 4 is 52.7 Å². The molecule has 0 aromatic heterocycles. The molecule has 8 nitrogen and oxygen atoms in total. The molecular formula is C34H26Cl2N2O6. The minimum absolute atomic E-state index is 0.0516. The number of hydrazine groups is 1. The number of carbonyl (C=O) groups is 5.